The Bertz CT molecular complexity index is 750. The van der Waals surface area contributed by atoms with Crippen LogP contribution < -0.4 is 14.8 Å². The molecule has 3 rings (SSSR count). The number of rotatable bonds is 8. The molecule has 1 aliphatic rings. The summed E-state index contributed by atoms with van der Waals surface area (Å²) in [6.07, 6.45) is 3.14. The molecule has 8 heteroatoms. The quantitative estimate of drug-likeness (QED) is 0.714. The van der Waals surface area contributed by atoms with Crippen molar-refractivity contribution in [2.45, 2.75) is 44.2 Å². The summed E-state index contributed by atoms with van der Waals surface area (Å²) in [5, 5.41) is 11.1. The first-order chi connectivity index (χ1) is 12.7. The van der Waals surface area contributed by atoms with E-state index in [1.165, 1.54) is 0 Å². The van der Waals surface area contributed by atoms with Gasteiger partial charge in [-0.15, -0.1) is 22.0 Å². The maximum atomic E-state index is 12.2. The number of nitrogens with zero attached hydrogens (tertiary/aromatic N) is 3. The van der Waals surface area contributed by atoms with Crippen LogP contribution in [0.4, 0.5) is 0 Å². The lowest BCUT2D eigenvalue weighted by Crippen LogP contribution is -2.29. The van der Waals surface area contributed by atoms with Gasteiger partial charge in [-0.2, -0.15) is 0 Å². The van der Waals surface area contributed by atoms with Gasteiger partial charge in [-0.25, -0.2) is 0 Å². The molecule has 1 aromatic heterocycles. The second-order valence-corrected chi connectivity index (χ2v) is 7.24. The van der Waals surface area contributed by atoms with Crippen LogP contribution in [0, 0.1) is 0 Å². The van der Waals surface area contributed by atoms with Crippen LogP contribution in [-0.4, -0.2) is 39.6 Å². The van der Waals surface area contributed by atoms with E-state index in [9.17, 15) is 4.79 Å². The largest absolute Gasteiger partial charge is 0.486 e. The molecule has 0 saturated carbocycles. The highest BCUT2D eigenvalue weighted by atomic mass is 32.2. The fourth-order valence-electron chi connectivity index (χ4n) is 2.77. The van der Waals surface area contributed by atoms with E-state index in [4.69, 9.17) is 9.47 Å². The van der Waals surface area contributed by atoms with Gasteiger partial charge in [0.1, 0.15) is 19.5 Å². The molecule has 0 unspecified atom stereocenters. The highest BCUT2D eigenvalue weighted by molar-refractivity contribution is 7.99. The van der Waals surface area contributed by atoms with E-state index in [-0.39, 0.29) is 11.9 Å². The van der Waals surface area contributed by atoms with Crippen molar-refractivity contribution in [3.63, 3.8) is 0 Å². The highest BCUT2D eigenvalue weighted by Gasteiger charge is 2.16. The van der Waals surface area contributed by atoms with E-state index in [2.05, 4.69) is 22.4 Å². The molecule has 1 atom stereocenters. The summed E-state index contributed by atoms with van der Waals surface area (Å²) in [5.74, 6) is 3.05. The summed E-state index contributed by atoms with van der Waals surface area (Å²) in [4.78, 5) is 13.3. The second kappa shape index (κ2) is 8.93. The Kier molecular flexibility index (Phi) is 6.38. The van der Waals surface area contributed by atoms with Gasteiger partial charge in [0, 0.05) is 23.6 Å². The number of benzene rings is 1. The summed E-state index contributed by atoms with van der Waals surface area (Å²) in [6, 6.07) is 5.72. The Morgan fingerprint density at radius 2 is 2.15 bits per heavy atom. The molecule has 0 fully saturated rings. The maximum absolute atomic E-state index is 12.2. The molecule has 140 valence electrons. The van der Waals surface area contributed by atoms with Gasteiger partial charge in [0.05, 0.1) is 6.04 Å². The lowest BCUT2D eigenvalue weighted by Gasteiger charge is -2.18. The van der Waals surface area contributed by atoms with E-state index < -0.39 is 0 Å². The van der Waals surface area contributed by atoms with Crippen molar-refractivity contribution in [3.8, 4) is 11.5 Å². The number of hydrogen-bond acceptors (Lipinski definition) is 6. The van der Waals surface area contributed by atoms with E-state index in [0.717, 1.165) is 35.2 Å². The second-order valence-electron chi connectivity index (χ2n) is 6.08. The summed E-state index contributed by atoms with van der Waals surface area (Å²) < 4.78 is 13.1. The third-order valence-corrected chi connectivity index (χ3v) is 4.98. The highest BCUT2D eigenvalue weighted by Crippen LogP contribution is 2.34. The zero-order chi connectivity index (χ0) is 18.4. The molecule has 0 saturated heterocycles. The van der Waals surface area contributed by atoms with Crippen molar-refractivity contribution in [2.24, 2.45) is 0 Å². The van der Waals surface area contributed by atoms with Gasteiger partial charge in [-0.3, -0.25) is 4.79 Å². The number of carbonyl (C=O) groups is 1. The van der Waals surface area contributed by atoms with Crippen LogP contribution in [0.3, 0.4) is 0 Å². The molecule has 1 aromatic carbocycles. The number of nitrogens with one attached hydrogen (secondary N) is 1. The molecule has 1 amide bonds. The van der Waals surface area contributed by atoms with Crippen molar-refractivity contribution in [1.29, 1.82) is 0 Å². The average molecular weight is 376 g/mol. The van der Waals surface area contributed by atoms with Crippen molar-refractivity contribution in [2.75, 3.05) is 19.0 Å². The van der Waals surface area contributed by atoms with Crippen LogP contribution in [0.2, 0.25) is 0 Å². The molecule has 1 aliphatic heterocycles. The molecule has 7 nitrogen and oxygen atoms in total. The summed E-state index contributed by atoms with van der Waals surface area (Å²) >= 11 is 1.63. The van der Waals surface area contributed by atoms with Crippen molar-refractivity contribution in [3.05, 3.63) is 30.4 Å². The first-order valence-corrected chi connectivity index (χ1v) is 9.85. The maximum Gasteiger partial charge on any atom is 0.221 e. The van der Waals surface area contributed by atoms with Crippen LogP contribution in [0.5, 0.6) is 11.5 Å². The number of thioether (sulfide) groups is 1. The van der Waals surface area contributed by atoms with E-state index in [1.54, 1.807) is 18.1 Å². The zero-order valence-electron chi connectivity index (χ0n) is 15.1. The monoisotopic (exact) mass is 376 g/mol. The van der Waals surface area contributed by atoms with Gasteiger partial charge in [-0.1, -0.05) is 6.92 Å². The van der Waals surface area contributed by atoms with E-state index >= 15 is 0 Å². The predicted molar refractivity (Wildman–Crippen MR) is 99.6 cm³/mol. The minimum absolute atomic E-state index is 0.00796. The third-order valence-electron chi connectivity index (χ3n) is 3.99. The Labute approximate surface area is 157 Å². The van der Waals surface area contributed by atoms with E-state index in [0.29, 0.717) is 25.4 Å². The standard InChI is InChI=1S/C18H24N4O3S/c1-3-7-22-12-19-21-18(22)13(2)20-17(23)6-10-26-14-4-5-15-16(11-14)25-9-8-24-15/h4-5,11-13H,3,6-10H2,1-2H3,(H,20,23)/t13-/m1/s1. The Hall–Kier alpha value is -2.22. The van der Waals surface area contributed by atoms with Gasteiger partial charge in [0.2, 0.25) is 5.91 Å². The predicted octanol–water partition coefficient (Wildman–Crippen LogP) is 2.82. The van der Waals surface area contributed by atoms with Crippen LogP contribution >= 0.6 is 11.8 Å². The fourth-order valence-corrected chi connectivity index (χ4v) is 3.64. The first kappa shape index (κ1) is 18.6. The molecule has 0 radical (unpaired) electrons. The SMILES string of the molecule is CCCn1cnnc1[C@@H](C)NC(=O)CCSc1ccc2c(c1)OCCO2. The molecule has 2 heterocycles. The topological polar surface area (TPSA) is 78.3 Å². The summed E-state index contributed by atoms with van der Waals surface area (Å²) in [7, 11) is 0. The summed E-state index contributed by atoms with van der Waals surface area (Å²) in [6.45, 7) is 6.04. The van der Waals surface area contributed by atoms with E-state index in [1.807, 2.05) is 29.7 Å². The average Bonchev–Trinajstić information content (AvgIpc) is 3.10. The minimum Gasteiger partial charge on any atom is -0.486 e. The molecule has 0 spiro atoms. The van der Waals surface area contributed by atoms with Crippen molar-refractivity contribution in [1.82, 2.24) is 20.1 Å². The number of hydrogen-bond donors (Lipinski definition) is 1. The molecular formula is C18H24N4O3S. The van der Waals surface area contributed by atoms with Crippen molar-refractivity contribution >= 4 is 17.7 Å². The van der Waals surface area contributed by atoms with Crippen LogP contribution in [-0.2, 0) is 11.3 Å². The fraction of sp³-hybridized carbons (Fsp3) is 0.500. The van der Waals surface area contributed by atoms with Gasteiger partial charge in [-0.05, 0) is 31.5 Å². The normalized spacial score (nSPS) is 14.1. The Morgan fingerprint density at radius 3 is 2.96 bits per heavy atom. The van der Waals surface area contributed by atoms with Gasteiger partial charge in [0.25, 0.3) is 0 Å². The van der Waals surface area contributed by atoms with Gasteiger partial charge in [0.15, 0.2) is 17.3 Å². The zero-order valence-corrected chi connectivity index (χ0v) is 15.9. The van der Waals surface area contributed by atoms with Crippen LogP contribution in [0.25, 0.3) is 0 Å². The lowest BCUT2D eigenvalue weighted by atomic mass is 10.3. The van der Waals surface area contributed by atoms with Crippen LogP contribution in [0.1, 0.15) is 38.6 Å². The number of ether oxygens (including phenoxy) is 2. The number of fused-ring (bicyclic) bond motifs is 1. The van der Waals surface area contributed by atoms with Crippen LogP contribution in [0.15, 0.2) is 29.4 Å². The molecule has 26 heavy (non-hydrogen) atoms. The van der Waals surface area contributed by atoms with Crippen molar-refractivity contribution < 1.29 is 14.3 Å². The first-order valence-electron chi connectivity index (χ1n) is 8.87. The third kappa shape index (κ3) is 4.69. The molecular weight excluding hydrogens is 352 g/mol. The number of amides is 1. The Morgan fingerprint density at radius 1 is 1.35 bits per heavy atom. The lowest BCUT2D eigenvalue weighted by molar-refractivity contribution is -0.121. The smallest absolute Gasteiger partial charge is 0.221 e. The number of aromatic nitrogens is 3. The molecule has 0 aliphatic carbocycles. The Balaban J connectivity index is 1.46. The molecule has 0 bridgehead atoms. The minimum atomic E-state index is -0.157. The van der Waals surface area contributed by atoms with Gasteiger partial charge >= 0.3 is 0 Å². The summed E-state index contributed by atoms with van der Waals surface area (Å²) in [5.41, 5.74) is 0. The van der Waals surface area contributed by atoms with Gasteiger partial charge < -0.3 is 19.4 Å². The number of carbonyl (C=O) groups excluding carboxylic acids is 1. The molecule has 1 N–H and O–H groups in total. The molecule has 2 aromatic rings. The number of aryl methyl sites for hydroxylation is 1.